The van der Waals surface area contributed by atoms with Crippen molar-refractivity contribution >= 4 is 0 Å². The number of rotatable bonds is 10. The Morgan fingerprint density at radius 2 is 1.62 bits per heavy atom. The molecule has 3 aromatic rings. The highest BCUT2D eigenvalue weighted by Gasteiger charge is 2.45. The lowest BCUT2D eigenvalue weighted by Gasteiger charge is -2.45. The normalized spacial score (nSPS) is 18.6. The molecule has 0 bridgehead atoms. The Bertz CT molecular complexity index is 1050. The van der Waals surface area contributed by atoms with E-state index in [0.717, 1.165) is 30.3 Å². The van der Waals surface area contributed by atoms with Crippen molar-refractivity contribution < 1.29 is 14.2 Å². The maximum absolute atomic E-state index is 6.59. The number of methoxy groups -OCH3 is 1. The molecule has 3 aromatic carbocycles. The first-order valence-electron chi connectivity index (χ1n) is 12.4. The number of unbranched alkanes of at least 4 members (excludes halogenated alkanes) is 1. The van der Waals surface area contributed by atoms with E-state index in [9.17, 15) is 0 Å². The molecule has 4 nitrogen and oxygen atoms in total. The second-order valence-corrected chi connectivity index (χ2v) is 9.50. The number of fused-ring (bicyclic) bond motifs is 1. The summed E-state index contributed by atoms with van der Waals surface area (Å²) in [5.74, 6) is 2.90. The molecule has 4 rings (SSSR count). The Morgan fingerprint density at radius 1 is 0.882 bits per heavy atom. The van der Waals surface area contributed by atoms with Gasteiger partial charge in [0.05, 0.1) is 7.11 Å². The highest BCUT2D eigenvalue weighted by Crippen LogP contribution is 2.53. The van der Waals surface area contributed by atoms with Crippen LogP contribution in [0.15, 0.2) is 72.8 Å². The maximum atomic E-state index is 6.59. The largest absolute Gasteiger partial charge is 0.497 e. The highest BCUT2D eigenvalue weighted by molar-refractivity contribution is 5.52. The van der Waals surface area contributed by atoms with Crippen LogP contribution < -0.4 is 19.5 Å². The molecule has 0 saturated heterocycles. The van der Waals surface area contributed by atoms with Crippen molar-refractivity contribution in [3.05, 3.63) is 89.5 Å². The maximum Gasteiger partial charge on any atom is 0.127 e. The predicted octanol–water partition coefficient (Wildman–Crippen LogP) is 6.55. The molecule has 0 amide bonds. The molecule has 34 heavy (non-hydrogen) atoms. The fraction of sp³-hybridized carbons (Fsp3) is 0.400. The van der Waals surface area contributed by atoms with Crippen LogP contribution in [0.4, 0.5) is 0 Å². The molecule has 1 N–H and O–H groups in total. The summed E-state index contributed by atoms with van der Waals surface area (Å²) < 4.78 is 18.0. The van der Waals surface area contributed by atoms with Gasteiger partial charge in [0, 0.05) is 30.0 Å². The number of ether oxygens (including phenoxy) is 3. The standard InChI is InChI=1S/C30H37NO3/c1-5-6-18-31-19-20-33-24-14-12-22(13-15-24)28-26-17-16-25(32-4)21-27(26)34-30(2,3)29(28)23-10-8-7-9-11-23/h7-17,21,28-29,31H,5-6,18-20H2,1-4H3. The highest BCUT2D eigenvalue weighted by atomic mass is 16.5. The smallest absolute Gasteiger partial charge is 0.127 e. The van der Waals surface area contributed by atoms with E-state index in [2.05, 4.69) is 86.8 Å². The monoisotopic (exact) mass is 459 g/mol. The van der Waals surface area contributed by atoms with Gasteiger partial charge >= 0.3 is 0 Å². The summed E-state index contributed by atoms with van der Waals surface area (Å²) in [5, 5.41) is 3.42. The molecule has 0 spiro atoms. The molecule has 0 saturated carbocycles. The summed E-state index contributed by atoms with van der Waals surface area (Å²) in [7, 11) is 1.69. The van der Waals surface area contributed by atoms with Gasteiger partial charge in [-0.3, -0.25) is 0 Å². The Balaban J connectivity index is 1.63. The van der Waals surface area contributed by atoms with Crippen LogP contribution in [0.5, 0.6) is 17.2 Å². The Morgan fingerprint density at radius 3 is 2.32 bits per heavy atom. The van der Waals surface area contributed by atoms with Crippen LogP contribution in [0.25, 0.3) is 0 Å². The third kappa shape index (κ3) is 5.39. The molecule has 1 heterocycles. The zero-order chi connectivity index (χ0) is 24.0. The average molecular weight is 460 g/mol. The van der Waals surface area contributed by atoms with Crippen LogP contribution >= 0.6 is 0 Å². The third-order valence-electron chi connectivity index (χ3n) is 6.66. The lowest BCUT2D eigenvalue weighted by molar-refractivity contribution is 0.0528. The molecule has 2 atom stereocenters. The van der Waals surface area contributed by atoms with E-state index in [-0.39, 0.29) is 11.8 Å². The van der Waals surface area contributed by atoms with E-state index >= 15 is 0 Å². The first-order chi connectivity index (χ1) is 16.5. The van der Waals surface area contributed by atoms with E-state index in [4.69, 9.17) is 14.2 Å². The second kappa shape index (κ2) is 11.0. The molecule has 0 aromatic heterocycles. The first-order valence-corrected chi connectivity index (χ1v) is 12.4. The van der Waals surface area contributed by atoms with Gasteiger partial charge in [-0.1, -0.05) is 61.9 Å². The van der Waals surface area contributed by atoms with E-state index in [0.29, 0.717) is 6.61 Å². The van der Waals surface area contributed by atoms with Crippen molar-refractivity contribution in [2.75, 3.05) is 26.8 Å². The van der Waals surface area contributed by atoms with Gasteiger partial charge < -0.3 is 19.5 Å². The van der Waals surface area contributed by atoms with Gasteiger partial charge in [0.2, 0.25) is 0 Å². The van der Waals surface area contributed by atoms with Gasteiger partial charge in [-0.2, -0.15) is 0 Å². The molecule has 180 valence electrons. The van der Waals surface area contributed by atoms with Crippen molar-refractivity contribution in [1.29, 1.82) is 0 Å². The lowest BCUT2D eigenvalue weighted by Crippen LogP contribution is -2.43. The van der Waals surface area contributed by atoms with Gasteiger partial charge in [-0.15, -0.1) is 0 Å². The van der Waals surface area contributed by atoms with Crippen LogP contribution in [0.3, 0.4) is 0 Å². The first kappa shape index (κ1) is 24.2. The van der Waals surface area contributed by atoms with Crippen molar-refractivity contribution in [2.45, 2.75) is 51.0 Å². The van der Waals surface area contributed by atoms with Crippen molar-refractivity contribution in [3.8, 4) is 17.2 Å². The van der Waals surface area contributed by atoms with E-state index < -0.39 is 5.60 Å². The molecule has 0 radical (unpaired) electrons. The zero-order valence-corrected chi connectivity index (χ0v) is 20.8. The van der Waals surface area contributed by atoms with Gasteiger partial charge in [0.25, 0.3) is 0 Å². The summed E-state index contributed by atoms with van der Waals surface area (Å²) in [6.45, 7) is 9.15. The lowest BCUT2D eigenvalue weighted by atomic mass is 9.68. The fourth-order valence-corrected chi connectivity index (χ4v) is 4.98. The predicted molar refractivity (Wildman–Crippen MR) is 138 cm³/mol. The van der Waals surface area contributed by atoms with Crippen LogP contribution in [0.1, 0.15) is 62.1 Å². The van der Waals surface area contributed by atoms with Gasteiger partial charge in [0.1, 0.15) is 29.5 Å². The van der Waals surface area contributed by atoms with Gasteiger partial charge in [-0.05, 0) is 56.1 Å². The van der Waals surface area contributed by atoms with Crippen molar-refractivity contribution in [3.63, 3.8) is 0 Å². The topological polar surface area (TPSA) is 39.7 Å². The minimum atomic E-state index is -0.398. The average Bonchev–Trinajstić information content (AvgIpc) is 2.85. The Labute approximate surface area is 204 Å². The number of benzene rings is 3. The molecule has 1 aliphatic heterocycles. The van der Waals surface area contributed by atoms with Crippen molar-refractivity contribution in [2.24, 2.45) is 0 Å². The molecule has 4 heteroatoms. The second-order valence-electron chi connectivity index (χ2n) is 9.50. The number of nitrogens with one attached hydrogen (secondary N) is 1. The molecule has 1 aliphatic rings. The Kier molecular flexibility index (Phi) is 7.79. The van der Waals surface area contributed by atoms with Gasteiger partial charge in [-0.25, -0.2) is 0 Å². The molecule has 0 aliphatic carbocycles. The third-order valence-corrected chi connectivity index (χ3v) is 6.66. The van der Waals surface area contributed by atoms with Crippen LogP contribution in [-0.2, 0) is 0 Å². The molecular weight excluding hydrogens is 422 g/mol. The minimum absolute atomic E-state index is 0.150. The summed E-state index contributed by atoms with van der Waals surface area (Å²) in [6, 6.07) is 25.5. The van der Waals surface area contributed by atoms with E-state index in [1.165, 1.54) is 29.5 Å². The van der Waals surface area contributed by atoms with Crippen LogP contribution in [0.2, 0.25) is 0 Å². The van der Waals surface area contributed by atoms with Gasteiger partial charge in [0.15, 0.2) is 0 Å². The quantitative estimate of drug-likeness (QED) is 0.349. The van der Waals surface area contributed by atoms with Crippen LogP contribution in [-0.4, -0.2) is 32.4 Å². The summed E-state index contributed by atoms with van der Waals surface area (Å²) in [6.07, 6.45) is 2.41. The summed E-state index contributed by atoms with van der Waals surface area (Å²) in [4.78, 5) is 0. The van der Waals surface area contributed by atoms with E-state index in [1.54, 1.807) is 7.11 Å². The number of hydrogen-bond donors (Lipinski definition) is 1. The van der Waals surface area contributed by atoms with E-state index in [1.807, 2.05) is 12.1 Å². The molecular formula is C30H37NO3. The molecule has 0 fully saturated rings. The summed E-state index contributed by atoms with van der Waals surface area (Å²) in [5.41, 5.74) is 3.32. The fourth-order valence-electron chi connectivity index (χ4n) is 4.98. The molecule has 2 unspecified atom stereocenters. The summed E-state index contributed by atoms with van der Waals surface area (Å²) >= 11 is 0. The SMILES string of the molecule is CCCCNCCOc1ccc(C2c3ccc(OC)cc3OC(C)(C)C2c2ccccc2)cc1. The van der Waals surface area contributed by atoms with Crippen LogP contribution in [0, 0.1) is 0 Å². The minimum Gasteiger partial charge on any atom is -0.497 e. The van der Waals surface area contributed by atoms with Crippen molar-refractivity contribution in [1.82, 2.24) is 5.32 Å². The Hall–Kier alpha value is -2.98. The number of hydrogen-bond acceptors (Lipinski definition) is 4. The zero-order valence-electron chi connectivity index (χ0n) is 20.8.